The third-order valence-corrected chi connectivity index (χ3v) is 5.64. The van der Waals surface area contributed by atoms with E-state index in [1.807, 2.05) is 7.05 Å². The Morgan fingerprint density at radius 2 is 2.12 bits per heavy atom. The smallest absolute Gasteiger partial charge is 0.309 e. The van der Waals surface area contributed by atoms with Crippen LogP contribution >= 0.6 is 0 Å². The van der Waals surface area contributed by atoms with E-state index in [4.69, 9.17) is 9.15 Å². The van der Waals surface area contributed by atoms with E-state index in [0.29, 0.717) is 37.7 Å². The van der Waals surface area contributed by atoms with Gasteiger partial charge in [-0.25, -0.2) is 4.98 Å². The Labute approximate surface area is 147 Å². The third-order valence-electron chi connectivity index (χ3n) is 5.64. The maximum Gasteiger partial charge on any atom is 0.309 e. The van der Waals surface area contributed by atoms with Crippen LogP contribution in [0.15, 0.2) is 4.42 Å². The lowest BCUT2D eigenvalue weighted by Gasteiger charge is -2.38. The number of oxazole rings is 1. The highest BCUT2D eigenvalue weighted by Crippen LogP contribution is 2.31. The van der Waals surface area contributed by atoms with Crippen molar-refractivity contribution in [2.75, 3.05) is 20.2 Å². The highest BCUT2D eigenvalue weighted by molar-refractivity contribution is 5.90. The second kappa shape index (κ2) is 6.44. The minimum Gasteiger partial charge on any atom is -0.437 e. The fourth-order valence-electron chi connectivity index (χ4n) is 3.95. The maximum atomic E-state index is 12.6. The lowest BCUT2D eigenvalue weighted by atomic mass is 9.81. The first-order chi connectivity index (χ1) is 12.0. The molecule has 0 aromatic carbocycles. The summed E-state index contributed by atoms with van der Waals surface area (Å²) in [5.41, 5.74) is 0.705. The molecule has 2 fully saturated rings. The molecule has 1 saturated carbocycles. The summed E-state index contributed by atoms with van der Waals surface area (Å²) in [5, 5.41) is 0. The van der Waals surface area contributed by atoms with Crippen LogP contribution in [0.3, 0.4) is 0 Å². The molecule has 7 heteroatoms. The van der Waals surface area contributed by atoms with Crippen molar-refractivity contribution in [3.63, 3.8) is 0 Å². The zero-order valence-electron chi connectivity index (χ0n) is 14.9. The molecule has 1 aromatic rings. The minimum absolute atomic E-state index is 0.0274. The molecule has 4 rings (SSSR count). The molecule has 25 heavy (non-hydrogen) atoms. The average molecular weight is 347 g/mol. The van der Waals surface area contributed by atoms with E-state index < -0.39 is 0 Å². The van der Waals surface area contributed by atoms with Gasteiger partial charge in [0.15, 0.2) is 0 Å². The van der Waals surface area contributed by atoms with Gasteiger partial charge in [0, 0.05) is 32.7 Å². The minimum atomic E-state index is -0.318. The van der Waals surface area contributed by atoms with Crippen molar-refractivity contribution in [3.8, 4) is 0 Å². The number of carbonyl (C=O) groups is 2. The highest BCUT2D eigenvalue weighted by Gasteiger charge is 2.36. The van der Waals surface area contributed by atoms with E-state index in [0.717, 1.165) is 31.4 Å². The van der Waals surface area contributed by atoms with Crippen molar-refractivity contribution in [2.24, 2.45) is 5.92 Å². The first-order valence-electron chi connectivity index (χ1n) is 9.19. The number of hydrogen-bond donors (Lipinski definition) is 0. The number of ether oxygens (including phenoxy) is 1. The lowest BCUT2D eigenvalue weighted by molar-refractivity contribution is -0.142. The molecule has 0 N–H and O–H groups in total. The van der Waals surface area contributed by atoms with Gasteiger partial charge < -0.3 is 19.0 Å². The zero-order chi connectivity index (χ0) is 17.6. The Balaban J connectivity index is 1.43. The van der Waals surface area contributed by atoms with E-state index in [1.54, 1.807) is 9.80 Å². The van der Waals surface area contributed by atoms with Crippen molar-refractivity contribution in [3.05, 3.63) is 17.3 Å². The molecule has 3 heterocycles. The van der Waals surface area contributed by atoms with Crippen LogP contribution in [0.25, 0.3) is 0 Å². The summed E-state index contributed by atoms with van der Waals surface area (Å²) in [6, 6.07) is 0.281. The molecule has 7 nitrogen and oxygen atoms in total. The third kappa shape index (κ3) is 3.05. The molecule has 0 spiro atoms. The van der Waals surface area contributed by atoms with Crippen molar-refractivity contribution in [1.29, 1.82) is 0 Å². The Hall–Kier alpha value is -1.89. The van der Waals surface area contributed by atoms with Gasteiger partial charge in [-0.1, -0.05) is 6.92 Å². The van der Waals surface area contributed by atoms with Crippen molar-refractivity contribution >= 4 is 11.8 Å². The summed E-state index contributed by atoms with van der Waals surface area (Å²) in [6.45, 7) is 3.84. The fourth-order valence-corrected chi connectivity index (χ4v) is 3.95. The summed E-state index contributed by atoms with van der Waals surface area (Å²) in [5.74, 6) is 1.42. The second-order valence-electron chi connectivity index (χ2n) is 7.55. The van der Waals surface area contributed by atoms with Gasteiger partial charge in [0.1, 0.15) is 17.6 Å². The number of carbonyl (C=O) groups excluding carboxylic acids is 2. The van der Waals surface area contributed by atoms with Gasteiger partial charge in [0.2, 0.25) is 0 Å². The summed E-state index contributed by atoms with van der Waals surface area (Å²) in [4.78, 5) is 33.0. The fraction of sp³-hybridized carbons (Fsp3) is 0.722. The Bertz CT molecular complexity index is 674. The molecule has 1 aromatic heterocycles. The predicted octanol–water partition coefficient (Wildman–Crippen LogP) is 1.61. The lowest BCUT2D eigenvalue weighted by Crippen LogP contribution is -2.44. The Morgan fingerprint density at radius 1 is 1.32 bits per heavy atom. The maximum absolute atomic E-state index is 12.6. The van der Waals surface area contributed by atoms with Gasteiger partial charge in [-0.05, 0) is 31.6 Å². The van der Waals surface area contributed by atoms with Crippen LogP contribution in [-0.4, -0.2) is 58.9 Å². The van der Waals surface area contributed by atoms with Crippen LogP contribution in [-0.2, 0) is 22.5 Å². The molecule has 136 valence electrons. The van der Waals surface area contributed by atoms with Crippen LogP contribution < -0.4 is 0 Å². The molecular formula is C18H25N3O4. The number of rotatable bonds is 3. The van der Waals surface area contributed by atoms with Gasteiger partial charge >= 0.3 is 5.91 Å². The first-order valence-corrected chi connectivity index (χ1v) is 9.19. The average Bonchev–Trinajstić information content (AvgIpc) is 3.25. The van der Waals surface area contributed by atoms with E-state index in [1.165, 1.54) is 0 Å². The van der Waals surface area contributed by atoms with E-state index >= 15 is 0 Å². The summed E-state index contributed by atoms with van der Waals surface area (Å²) in [7, 11) is 1.81. The number of hydrogen-bond acceptors (Lipinski definition) is 5. The summed E-state index contributed by atoms with van der Waals surface area (Å²) < 4.78 is 11.2. The SMILES string of the molecule is CC1CC(N(C)C(=O)c2nc3c(o2)CCN(C(=O)[C@H]2CCCO2)C3)C1. The largest absolute Gasteiger partial charge is 0.437 e. The second-order valence-corrected chi connectivity index (χ2v) is 7.55. The zero-order valence-corrected chi connectivity index (χ0v) is 14.9. The van der Waals surface area contributed by atoms with E-state index in [9.17, 15) is 9.59 Å². The van der Waals surface area contributed by atoms with Crippen molar-refractivity contribution in [1.82, 2.24) is 14.8 Å². The highest BCUT2D eigenvalue weighted by atomic mass is 16.5. The molecule has 1 atom stereocenters. The van der Waals surface area contributed by atoms with Crippen LogP contribution in [0.1, 0.15) is 54.7 Å². The van der Waals surface area contributed by atoms with Gasteiger partial charge in [0.25, 0.3) is 11.8 Å². The van der Waals surface area contributed by atoms with Crippen molar-refractivity contribution < 1.29 is 18.7 Å². The Kier molecular flexibility index (Phi) is 4.27. The van der Waals surface area contributed by atoms with E-state index in [2.05, 4.69) is 11.9 Å². The molecular weight excluding hydrogens is 322 g/mol. The molecule has 0 bridgehead atoms. The standard InChI is InChI=1S/C18H25N3O4/c1-11-8-12(9-11)20(2)18(23)16-19-13-10-21(6-5-14(13)25-16)17(22)15-4-3-7-24-15/h11-12,15H,3-10H2,1-2H3/t11?,12?,15-/m1/s1. The summed E-state index contributed by atoms with van der Waals surface area (Å²) in [6.07, 6.45) is 4.07. The van der Waals surface area contributed by atoms with Crippen LogP contribution in [0.4, 0.5) is 0 Å². The topological polar surface area (TPSA) is 75.9 Å². The molecule has 0 radical (unpaired) electrons. The number of nitrogens with zero attached hydrogens (tertiary/aromatic N) is 3. The number of aromatic nitrogens is 1. The van der Waals surface area contributed by atoms with E-state index in [-0.39, 0.29) is 29.9 Å². The quantitative estimate of drug-likeness (QED) is 0.830. The molecule has 2 aliphatic heterocycles. The van der Waals surface area contributed by atoms with Crippen LogP contribution in [0.2, 0.25) is 0 Å². The number of fused-ring (bicyclic) bond motifs is 1. The normalized spacial score (nSPS) is 28.4. The molecule has 2 amide bonds. The number of amides is 2. The predicted molar refractivity (Wildman–Crippen MR) is 88.9 cm³/mol. The monoisotopic (exact) mass is 347 g/mol. The van der Waals surface area contributed by atoms with Gasteiger partial charge in [-0.2, -0.15) is 0 Å². The van der Waals surface area contributed by atoms with Crippen molar-refractivity contribution in [2.45, 2.75) is 57.7 Å². The molecule has 0 unspecified atom stereocenters. The summed E-state index contributed by atoms with van der Waals surface area (Å²) >= 11 is 0. The molecule has 3 aliphatic rings. The van der Waals surface area contributed by atoms with Gasteiger partial charge in [-0.3, -0.25) is 9.59 Å². The molecule has 1 aliphatic carbocycles. The first kappa shape index (κ1) is 16.6. The van der Waals surface area contributed by atoms with Gasteiger partial charge in [0.05, 0.1) is 6.54 Å². The molecule has 1 saturated heterocycles. The van der Waals surface area contributed by atoms with Crippen LogP contribution in [0.5, 0.6) is 0 Å². The van der Waals surface area contributed by atoms with Crippen LogP contribution in [0, 0.1) is 5.92 Å². The Morgan fingerprint density at radius 3 is 2.80 bits per heavy atom. The van der Waals surface area contributed by atoms with Gasteiger partial charge in [-0.15, -0.1) is 0 Å².